The zero-order valence-electron chi connectivity index (χ0n) is 18.0. The van der Waals surface area contributed by atoms with Crippen LogP contribution in [-0.2, 0) is 9.53 Å². The number of imidazole rings is 1. The monoisotopic (exact) mass is 444 g/mol. The number of likely N-dealkylation sites (N-methyl/N-ethyl adjacent to an activating group) is 1. The van der Waals surface area contributed by atoms with Crippen molar-refractivity contribution >= 4 is 22.9 Å². The fourth-order valence-corrected chi connectivity index (χ4v) is 4.37. The van der Waals surface area contributed by atoms with Gasteiger partial charge in [0.05, 0.1) is 6.33 Å². The lowest BCUT2D eigenvalue weighted by Gasteiger charge is -2.30. The quantitative estimate of drug-likeness (QED) is 0.390. The lowest BCUT2D eigenvalue weighted by molar-refractivity contribution is -0.137. The molecule has 2 fully saturated rings. The van der Waals surface area contributed by atoms with Crippen LogP contribution in [0, 0.1) is 17.8 Å². The van der Waals surface area contributed by atoms with E-state index in [4.69, 9.17) is 10.5 Å². The Bertz CT molecular complexity index is 1080. The number of carbonyl (C=O) groups is 1. The van der Waals surface area contributed by atoms with Gasteiger partial charge in [0.15, 0.2) is 23.8 Å². The number of hydrogen-bond donors (Lipinski definition) is 5. The molecule has 6 N–H and O–H groups in total. The van der Waals surface area contributed by atoms with Gasteiger partial charge in [-0.2, -0.15) is 0 Å². The van der Waals surface area contributed by atoms with Crippen molar-refractivity contribution in [1.29, 1.82) is 0 Å². The molecule has 0 aromatic carbocycles. The van der Waals surface area contributed by atoms with Crippen LogP contribution in [0.25, 0.3) is 11.2 Å². The first kappa shape index (κ1) is 22.4. The topological polar surface area (TPSA) is 169 Å². The molecule has 2 unspecified atom stereocenters. The van der Waals surface area contributed by atoms with Crippen molar-refractivity contribution in [2.75, 3.05) is 12.3 Å². The summed E-state index contributed by atoms with van der Waals surface area (Å²) in [6, 6.07) is 0. The van der Waals surface area contributed by atoms with Crippen LogP contribution in [0.15, 0.2) is 6.33 Å². The number of anilines is 1. The Kier molecular flexibility index (Phi) is 6.05. The molecule has 4 rings (SSSR count). The van der Waals surface area contributed by atoms with Crippen molar-refractivity contribution in [2.45, 2.75) is 69.7 Å². The van der Waals surface area contributed by atoms with Gasteiger partial charge in [-0.25, -0.2) is 15.0 Å². The van der Waals surface area contributed by atoms with Crippen LogP contribution >= 0.6 is 0 Å². The number of aliphatic hydroxyl groups excluding tert-OH is 2. The second-order valence-electron chi connectivity index (χ2n) is 8.56. The van der Waals surface area contributed by atoms with Crippen molar-refractivity contribution in [3.8, 4) is 11.8 Å². The maximum atomic E-state index is 12.2. The maximum absolute atomic E-state index is 12.2. The molecule has 32 heavy (non-hydrogen) atoms. The first-order valence-corrected chi connectivity index (χ1v) is 10.8. The van der Waals surface area contributed by atoms with Gasteiger partial charge in [-0.15, -0.1) is 0 Å². The molecule has 3 heterocycles. The first-order valence-electron chi connectivity index (χ1n) is 10.8. The molecule has 2 aromatic rings. The fraction of sp³-hybridized carbons (Fsp3) is 0.619. The molecule has 1 saturated carbocycles. The molecule has 1 aliphatic carbocycles. The zero-order chi connectivity index (χ0) is 23.0. The number of aliphatic hydroxyl groups is 3. The lowest BCUT2D eigenvalue weighted by Crippen LogP contribution is -2.42. The summed E-state index contributed by atoms with van der Waals surface area (Å²) in [5.74, 6) is 5.74. The van der Waals surface area contributed by atoms with Gasteiger partial charge >= 0.3 is 0 Å². The Morgan fingerprint density at radius 2 is 2.19 bits per heavy atom. The highest BCUT2D eigenvalue weighted by Crippen LogP contribution is 2.33. The summed E-state index contributed by atoms with van der Waals surface area (Å²) < 4.78 is 7.04. The van der Waals surface area contributed by atoms with E-state index in [0.29, 0.717) is 25.3 Å². The van der Waals surface area contributed by atoms with E-state index >= 15 is 0 Å². The van der Waals surface area contributed by atoms with Crippen LogP contribution in [-0.4, -0.2) is 71.2 Å². The Balaban J connectivity index is 1.66. The number of nitrogens with zero attached hydrogens (tertiary/aromatic N) is 4. The summed E-state index contributed by atoms with van der Waals surface area (Å²) in [6.07, 6.45) is -0.699. The Morgan fingerprint density at radius 1 is 1.41 bits per heavy atom. The van der Waals surface area contributed by atoms with E-state index in [0.717, 1.165) is 12.8 Å². The van der Waals surface area contributed by atoms with E-state index in [1.807, 2.05) is 0 Å². The number of nitrogens with one attached hydrogen (secondary N) is 1. The van der Waals surface area contributed by atoms with Gasteiger partial charge in [0.25, 0.3) is 5.91 Å². The summed E-state index contributed by atoms with van der Waals surface area (Å²) in [5, 5.41) is 34.1. The van der Waals surface area contributed by atoms with E-state index in [-0.39, 0.29) is 22.8 Å². The molecule has 0 spiro atoms. The van der Waals surface area contributed by atoms with Crippen molar-refractivity contribution in [2.24, 2.45) is 5.92 Å². The van der Waals surface area contributed by atoms with Gasteiger partial charge < -0.3 is 31.1 Å². The fourth-order valence-electron chi connectivity index (χ4n) is 4.37. The van der Waals surface area contributed by atoms with E-state index in [9.17, 15) is 20.1 Å². The minimum atomic E-state index is -1.43. The maximum Gasteiger partial charge on any atom is 0.252 e. The number of carbonyl (C=O) groups excluding carboxylic acids is 1. The number of amides is 1. The smallest absolute Gasteiger partial charge is 0.252 e. The number of hydrogen-bond acceptors (Lipinski definition) is 9. The molecular weight excluding hydrogens is 416 g/mol. The van der Waals surface area contributed by atoms with Crippen LogP contribution in [0.2, 0.25) is 0 Å². The molecule has 172 valence electrons. The van der Waals surface area contributed by atoms with Gasteiger partial charge in [-0.3, -0.25) is 9.36 Å². The third-order valence-corrected chi connectivity index (χ3v) is 5.95. The summed E-state index contributed by atoms with van der Waals surface area (Å²) in [4.78, 5) is 24.9. The number of nitrogens with two attached hydrogens (primary N) is 1. The molecule has 1 saturated heterocycles. The third kappa shape index (κ3) is 4.14. The molecule has 0 radical (unpaired) electrons. The summed E-state index contributed by atoms with van der Waals surface area (Å²) in [7, 11) is 0. The van der Waals surface area contributed by atoms with Crippen molar-refractivity contribution in [3.63, 3.8) is 0 Å². The van der Waals surface area contributed by atoms with E-state index in [2.05, 4.69) is 39.0 Å². The molecule has 2 aromatic heterocycles. The van der Waals surface area contributed by atoms with Gasteiger partial charge in [0.2, 0.25) is 5.82 Å². The van der Waals surface area contributed by atoms with Crippen LogP contribution in [0.3, 0.4) is 0 Å². The van der Waals surface area contributed by atoms with E-state index in [1.54, 1.807) is 6.92 Å². The minimum Gasteiger partial charge on any atom is -0.387 e. The van der Waals surface area contributed by atoms with Gasteiger partial charge in [0.1, 0.15) is 23.3 Å². The SMILES string of the molecule is CCNC(=O)[C@H]1O[C@@H](n2cnc3c(N)nc(C#C[C@@]4(O)CCC[C@@H](C)C4)nc32)C(O)C1O. The molecule has 1 aliphatic heterocycles. The Hall–Kier alpha value is -2.78. The molecule has 11 nitrogen and oxygen atoms in total. The number of rotatable bonds is 3. The minimum absolute atomic E-state index is 0.0790. The highest BCUT2D eigenvalue weighted by molar-refractivity contribution is 5.83. The Morgan fingerprint density at radius 3 is 2.91 bits per heavy atom. The second-order valence-corrected chi connectivity index (χ2v) is 8.56. The van der Waals surface area contributed by atoms with Crippen LogP contribution in [0.4, 0.5) is 5.82 Å². The predicted octanol–water partition coefficient (Wildman–Crippen LogP) is -0.543. The van der Waals surface area contributed by atoms with Crippen molar-refractivity contribution in [1.82, 2.24) is 24.8 Å². The molecular formula is C21H28N6O5. The summed E-state index contributed by atoms with van der Waals surface area (Å²) in [6.45, 7) is 4.18. The lowest BCUT2D eigenvalue weighted by atomic mass is 9.79. The van der Waals surface area contributed by atoms with Crippen LogP contribution < -0.4 is 11.1 Å². The van der Waals surface area contributed by atoms with Gasteiger partial charge in [0, 0.05) is 6.54 Å². The number of ether oxygens (including phenoxy) is 1. The van der Waals surface area contributed by atoms with E-state index < -0.39 is 36.0 Å². The zero-order valence-corrected chi connectivity index (χ0v) is 18.0. The molecule has 2 aliphatic rings. The molecule has 0 bridgehead atoms. The predicted molar refractivity (Wildman–Crippen MR) is 114 cm³/mol. The molecule has 11 heteroatoms. The van der Waals surface area contributed by atoms with Crippen LogP contribution in [0.1, 0.15) is 51.6 Å². The summed E-state index contributed by atoms with van der Waals surface area (Å²) in [5.41, 5.74) is 5.44. The first-order chi connectivity index (χ1) is 15.2. The third-order valence-electron chi connectivity index (χ3n) is 5.95. The molecule has 6 atom stereocenters. The Labute approximate surface area is 185 Å². The van der Waals surface area contributed by atoms with Crippen molar-refractivity contribution in [3.05, 3.63) is 12.2 Å². The van der Waals surface area contributed by atoms with Gasteiger partial charge in [-0.05, 0) is 38.0 Å². The second kappa shape index (κ2) is 8.63. The number of fused-ring (bicyclic) bond motifs is 1. The average molecular weight is 444 g/mol. The number of aromatic nitrogens is 4. The normalized spacial score (nSPS) is 32.5. The van der Waals surface area contributed by atoms with E-state index in [1.165, 1.54) is 10.9 Å². The van der Waals surface area contributed by atoms with Crippen molar-refractivity contribution < 1.29 is 24.9 Å². The molecule has 1 amide bonds. The largest absolute Gasteiger partial charge is 0.387 e. The number of nitrogen functional groups attached to an aromatic ring is 1. The van der Waals surface area contributed by atoms with Gasteiger partial charge in [-0.1, -0.05) is 19.3 Å². The summed E-state index contributed by atoms with van der Waals surface area (Å²) >= 11 is 0. The standard InChI is InChI=1S/C21H28N6O5/c1-3-23-19(30)16-14(28)15(29)20(32-16)27-10-24-13-17(22)25-12(26-18(13)27)6-8-21(31)7-4-5-11(2)9-21/h10-11,14-16,20,28-29,31H,3-5,7,9H2,1-2H3,(H,23,30)(H2,22,25,26)/t11-,14?,15?,16+,20-,21+/m1/s1. The highest BCUT2D eigenvalue weighted by Gasteiger charge is 2.47. The van der Waals surface area contributed by atoms with Crippen LogP contribution in [0.5, 0.6) is 0 Å². The average Bonchev–Trinajstić information content (AvgIpc) is 3.28. The highest BCUT2D eigenvalue weighted by atomic mass is 16.6.